The highest BCUT2D eigenvalue weighted by atomic mass is 16.2. The van der Waals surface area contributed by atoms with Gasteiger partial charge in [0.15, 0.2) is 0 Å². The highest BCUT2D eigenvalue weighted by molar-refractivity contribution is 5.99. The van der Waals surface area contributed by atoms with Crippen LogP contribution in [0.3, 0.4) is 0 Å². The molecule has 0 radical (unpaired) electrons. The Labute approximate surface area is 207 Å². The van der Waals surface area contributed by atoms with Crippen molar-refractivity contribution in [2.45, 2.75) is 70.0 Å². The second kappa shape index (κ2) is 10.8. The van der Waals surface area contributed by atoms with Gasteiger partial charge in [0.1, 0.15) is 11.1 Å². The summed E-state index contributed by atoms with van der Waals surface area (Å²) in [7, 11) is 0. The molecule has 5 rings (SSSR count). The SMILES string of the molecule is O=C(N[C@H]1CCN(Cc2ccccc2)C1)c1cn(C2CCCC2)cc(C(=O)N2CCCCC2)c1=O. The maximum atomic E-state index is 13.4. The number of piperidine rings is 1. The molecule has 3 fully saturated rings. The van der Waals surface area contributed by atoms with Crippen molar-refractivity contribution in [3.63, 3.8) is 0 Å². The molecule has 2 saturated heterocycles. The first-order chi connectivity index (χ1) is 17.1. The molecule has 7 nitrogen and oxygen atoms in total. The Kier molecular flexibility index (Phi) is 7.32. The molecule has 3 heterocycles. The minimum Gasteiger partial charge on any atom is -0.349 e. The van der Waals surface area contributed by atoms with E-state index in [1.165, 1.54) is 5.56 Å². The van der Waals surface area contributed by atoms with E-state index in [9.17, 15) is 14.4 Å². The van der Waals surface area contributed by atoms with Gasteiger partial charge in [-0.15, -0.1) is 0 Å². The van der Waals surface area contributed by atoms with E-state index in [1.807, 2.05) is 22.8 Å². The van der Waals surface area contributed by atoms with Gasteiger partial charge >= 0.3 is 0 Å². The number of nitrogens with one attached hydrogen (secondary N) is 1. The van der Waals surface area contributed by atoms with Crippen LogP contribution in [0.2, 0.25) is 0 Å². The van der Waals surface area contributed by atoms with E-state index in [4.69, 9.17) is 0 Å². The number of likely N-dealkylation sites (tertiary alicyclic amines) is 2. The van der Waals surface area contributed by atoms with Gasteiger partial charge in [0.05, 0.1) is 0 Å². The highest BCUT2D eigenvalue weighted by Gasteiger charge is 2.29. The van der Waals surface area contributed by atoms with Crippen molar-refractivity contribution in [3.8, 4) is 0 Å². The van der Waals surface area contributed by atoms with Gasteiger partial charge in [-0.05, 0) is 44.1 Å². The van der Waals surface area contributed by atoms with Crippen LogP contribution in [0.25, 0.3) is 0 Å². The third-order valence-corrected chi connectivity index (χ3v) is 7.77. The number of carbonyl (C=O) groups excluding carboxylic acids is 2. The van der Waals surface area contributed by atoms with Crippen molar-refractivity contribution < 1.29 is 9.59 Å². The molecular formula is C28H36N4O3. The molecule has 2 aliphatic heterocycles. The summed E-state index contributed by atoms with van der Waals surface area (Å²) in [6.07, 6.45) is 11.6. The fourth-order valence-corrected chi connectivity index (χ4v) is 5.79. The number of rotatable bonds is 6. The highest BCUT2D eigenvalue weighted by Crippen LogP contribution is 2.29. The smallest absolute Gasteiger partial charge is 0.259 e. The molecule has 35 heavy (non-hydrogen) atoms. The number of carbonyl (C=O) groups is 2. The van der Waals surface area contributed by atoms with Gasteiger partial charge < -0.3 is 14.8 Å². The summed E-state index contributed by atoms with van der Waals surface area (Å²) in [5, 5.41) is 3.10. The first kappa shape index (κ1) is 23.8. The Morgan fingerprint density at radius 1 is 0.857 bits per heavy atom. The van der Waals surface area contributed by atoms with Crippen molar-refractivity contribution in [2.24, 2.45) is 0 Å². The van der Waals surface area contributed by atoms with E-state index >= 15 is 0 Å². The number of hydrogen-bond acceptors (Lipinski definition) is 4. The first-order valence-electron chi connectivity index (χ1n) is 13.2. The van der Waals surface area contributed by atoms with Gasteiger partial charge in [-0.25, -0.2) is 0 Å². The zero-order chi connectivity index (χ0) is 24.2. The average Bonchev–Trinajstić information content (AvgIpc) is 3.58. The van der Waals surface area contributed by atoms with Crippen LogP contribution >= 0.6 is 0 Å². The zero-order valence-corrected chi connectivity index (χ0v) is 20.5. The molecule has 1 aromatic carbocycles. The number of benzene rings is 1. The molecule has 0 spiro atoms. The van der Waals surface area contributed by atoms with Crippen molar-refractivity contribution >= 4 is 11.8 Å². The van der Waals surface area contributed by atoms with Crippen LogP contribution < -0.4 is 10.7 Å². The summed E-state index contributed by atoms with van der Waals surface area (Å²) in [4.78, 5) is 44.1. The van der Waals surface area contributed by atoms with E-state index in [0.717, 1.165) is 71.0 Å². The van der Waals surface area contributed by atoms with Crippen LogP contribution in [-0.4, -0.2) is 58.4 Å². The molecule has 1 aliphatic carbocycles. The van der Waals surface area contributed by atoms with Crippen LogP contribution in [0.15, 0.2) is 47.5 Å². The quantitative estimate of drug-likeness (QED) is 0.692. The molecule has 1 N–H and O–H groups in total. The van der Waals surface area contributed by atoms with Crippen LogP contribution in [0.5, 0.6) is 0 Å². The van der Waals surface area contributed by atoms with Crippen LogP contribution in [-0.2, 0) is 6.54 Å². The topological polar surface area (TPSA) is 74.7 Å². The predicted octanol–water partition coefficient (Wildman–Crippen LogP) is 3.59. The second-order valence-electron chi connectivity index (χ2n) is 10.3. The fourth-order valence-electron chi connectivity index (χ4n) is 5.79. The molecule has 3 aliphatic rings. The molecule has 1 atom stereocenters. The van der Waals surface area contributed by atoms with Crippen molar-refractivity contribution in [2.75, 3.05) is 26.2 Å². The molecule has 186 valence electrons. The number of hydrogen-bond donors (Lipinski definition) is 1. The number of aromatic nitrogens is 1. The van der Waals surface area contributed by atoms with Crippen LogP contribution in [0, 0.1) is 0 Å². The Hall–Kier alpha value is -2.93. The molecule has 0 bridgehead atoms. The average molecular weight is 477 g/mol. The van der Waals surface area contributed by atoms with Gasteiger partial charge in [-0.3, -0.25) is 19.3 Å². The van der Waals surface area contributed by atoms with E-state index in [2.05, 4.69) is 22.3 Å². The lowest BCUT2D eigenvalue weighted by Gasteiger charge is -2.27. The first-order valence-corrected chi connectivity index (χ1v) is 13.2. The van der Waals surface area contributed by atoms with Gasteiger partial charge in [0, 0.05) is 57.2 Å². The lowest BCUT2D eigenvalue weighted by molar-refractivity contribution is 0.0722. The Balaban J connectivity index is 1.34. The maximum Gasteiger partial charge on any atom is 0.259 e. The normalized spacial score (nSPS) is 21.4. The maximum absolute atomic E-state index is 13.4. The summed E-state index contributed by atoms with van der Waals surface area (Å²) in [6.45, 7) is 3.86. The molecule has 7 heteroatoms. The van der Waals surface area contributed by atoms with Crippen LogP contribution in [0.1, 0.15) is 83.7 Å². The van der Waals surface area contributed by atoms with E-state index in [0.29, 0.717) is 13.1 Å². The lowest BCUT2D eigenvalue weighted by atomic mass is 10.1. The largest absolute Gasteiger partial charge is 0.349 e. The lowest BCUT2D eigenvalue weighted by Crippen LogP contribution is -2.42. The monoisotopic (exact) mass is 476 g/mol. The van der Waals surface area contributed by atoms with Crippen molar-refractivity contribution in [3.05, 3.63) is 69.6 Å². The third-order valence-electron chi connectivity index (χ3n) is 7.77. The van der Waals surface area contributed by atoms with Crippen molar-refractivity contribution in [1.82, 2.24) is 19.7 Å². The molecule has 1 aromatic heterocycles. The summed E-state index contributed by atoms with van der Waals surface area (Å²) < 4.78 is 1.97. The molecule has 2 amide bonds. The Morgan fingerprint density at radius 2 is 1.57 bits per heavy atom. The van der Waals surface area contributed by atoms with E-state index in [-0.39, 0.29) is 35.0 Å². The van der Waals surface area contributed by atoms with Crippen LogP contribution in [0.4, 0.5) is 0 Å². The summed E-state index contributed by atoms with van der Waals surface area (Å²) in [6, 6.07) is 10.6. The van der Waals surface area contributed by atoms with Gasteiger partial charge in [-0.2, -0.15) is 0 Å². The van der Waals surface area contributed by atoms with Gasteiger partial charge in [-0.1, -0.05) is 43.2 Å². The molecular weight excluding hydrogens is 440 g/mol. The number of amides is 2. The van der Waals surface area contributed by atoms with Crippen molar-refractivity contribution in [1.29, 1.82) is 0 Å². The van der Waals surface area contributed by atoms with E-state index < -0.39 is 5.43 Å². The van der Waals surface area contributed by atoms with E-state index in [1.54, 1.807) is 17.3 Å². The minimum atomic E-state index is -0.438. The summed E-state index contributed by atoms with van der Waals surface area (Å²) in [5.41, 5.74) is 1.05. The zero-order valence-electron chi connectivity index (χ0n) is 20.5. The third kappa shape index (κ3) is 5.50. The van der Waals surface area contributed by atoms with Gasteiger partial charge in [0.25, 0.3) is 11.8 Å². The standard InChI is InChI=1S/C28H36N4O3/c33-26-24(27(34)29-22-13-16-30(18-22)17-21-9-3-1-4-10-21)19-32(23-11-5-6-12-23)20-25(26)28(35)31-14-7-2-8-15-31/h1,3-4,9-10,19-20,22-23H,2,5-8,11-18H2,(H,29,34)/t22-/m0/s1. The van der Waals surface area contributed by atoms with Gasteiger partial charge in [0.2, 0.25) is 5.43 Å². The molecule has 2 aromatic rings. The Bertz CT molecular complexity index is 1100. The number of nitrogens with zero attached hydrogens (tertiary/aromatic N) is 3. The molecule has 0 unspecified atom stereocenters. The minimum absolute atomic E-state index is 0.00741. The second-order valence-corrected chi connectivity index (χ2v) is 10.3. The summed E-state index contributed by atoms with van der Waals surface area (Å²) >= 11 is 0. The number of pyridine rings is 1. The predicted molar refractivity (Wildman–Crippen MR) is 136 cm³/mol. The summed E-state index contributed by atoms with van der Waals surface area (Å²) in [5.74, 6) is -0.590. The Morgan fingerprint density at radius 3 is 2.31 bits per heavy atom. The fraction of sp³-hybridized carbons (Fsp3) is 0.536. The molecule has 1 saturated carbocycles.